The van der Waals surface area contributed by atoms with Crippen LogP contribution in [0.5, 0.6) is 0 Å². The Hall–Kier alpha value is -2.23. The summed E-state index contributed by atoms with van der Waals surface area (Å²) < 4.78 is 0. The monoisotopic (exact) mass is 351 g/mol. The van der Waals surface area contributed by atoms with Gasteiger partial charge in [-0.05, 0) is 63.5 Å². The third-order valence-electron chi connectivity index (χ3n) is 5.71. The van der Waals surface area contributed by atoms with Crippen LogP contribution in [-0.2, 0) is 4.79 Å². The van der Waals surface area contributed by atoms with Crippen molar-refractivity contribution in [1.82, 2.24) is 4.90 Å². The van der Waals surface area contributed by atoms with E-state index in [2.05, 4.69) is 34.6 Å². The largest absolute Gasteiger partial charge is 0.360 e. The van der Waals surface area contributed by atoms with E-state index in [4.69, 9.17) is 0 Å². The number of carbonyl (C=O) groups is 1. The van der Waals surface area contributed by atoms with Gasteiger partial charge in [0.25, 0.3) is 0 Å². The summed E-state index contributed by atoms with van der Waals surface area (Å²) in [6.07, 6.45) is 13.2. The zero-order chi connectivity index (χ0) is 18.7. The van der Waals surface area contributed by atoms with E-state index in [1.165, 1.54) is 23.3 Å². The van der Waals surface area contributed by atoms with Gasteiger partial charge in [-0.3, -0.25) is 14.8 Å². The van der Waals surface area contributed by atoms with Crippen molar-refractivity contribution in [2.75, 3.05) is 13.6 Å². The van der Waals surface area contributed by atoms with Crippen molar-refractivity contribution in [1.29, 1.82) is 0 Å². The van der Waals surface area contributed by atoms with Crippen molar-refractivity contribution in [3.63, 3.8) is 0 Å². The van der Waals surface area contributed by atoms with Crippen LogP contribution in [0.15, 0.2) is 56.3 Å². The van der Waals surface area contributed by atoms with E-state index in [1.54, 1.807) is 13.2 Å². The Morgan fingerprint density at radius 3 is 2.58 bits per heavy atom. The smallest absolute Gasteiger partial charge is 0.164 e. The Morgan fingerprint density at radius 1 is 1.35 bits per heavy atom. The highest BCUT2D eigenvalue weighted by molar-refractivity contribution is 6.01. The number of nitrogens with zero attached hydrogens (tertiary/aromatic N) is 3. The highest BCUT2D eigenvalue weighted by atomic mass is 16.1. The molecule has 0 saturated heterocycles. The zero-order valence-corrected chi connectivity index (χ0v) is 16.2. The molecule has 4 nitrogen and oxygen atoms in total. The number of hydrogen-bond donors (Lipinski definition) is 0. The number of ketones is 1. The molecule has 4 heteroatoms. The molecule has 2 aliphatic carbocycles. The van der Waals surface area contributed by atoms with Gasteiger partial charge < -0.3 is 4.90 Å². The molecule has 0 radical (unpaired) electrons. The summed E-state index contributed by atoms with van der Waals surface area (Å²) in [5.41, 5.74) is 5.89. The maximum Gasteiger partial charge on any atom is 0.164 e. The molecule has 0 N–H and O–H groups in total. The predicted molar refractivity (Wildman–Crippen MR) is 109 cm³/mol. The lowest BCUT2D eigenvalue weighted by atomic mass is 9.79. The van der Waals surface area contributed by atoms with Gasteiger partial charge in [0.15, 0.2) is 5.78 Å². The second-order valence-corrected chi connectivity index (χ2v) is 7.31. The van der Waals surface area contributed by atoms with Gasteiger partial charge in [0.05, 0.1) is 6.04 Å². The molecule has 138 valence electrons. The molecule has 3 rings (SSSR count). The average molecular weight is 351 g/mol. The normalized spacial score (nSPS) is 22.6. The molecular formula is C22H29N3O. The molecule has 0 amide bonds. The van der Waals surface area contributed by atoms with Crippen LogP contribution < -0.4 is 0 Å². The first kappa shape index (κ1) is 18.6. The molecule has 0 spiro atoms. The molecular weight excluding hydrogens is 322 g/mol. The first-order chi connectivity index (χ1) is 12.6. The lowest BCUT2D eigenvalue weighted by Crippen LogP contribution is -2.34. The minimum atomic E-state index is 0.179. The highest BCUT2D eigenvalue weighted by Crippen LogP contribution is 2.44. The molecule has 2 fully saturated rings. The molecule has 0 aromatic carbocycles. The fraction of sp³-hybridized carbons (Fsp3) is 0.500. The van der Waals surface area contributed by atoms with E-state index in [9.17, 15) is 4.79 Å². The summed E-state index contributed by atoms with van der Waals surface area (Å²) in [6.45, 7) is 8.48. The number of aliphatic imine (C=N–C) groups is 2. The Bertz CT molecular complexity index is 741. The molecule has 1 atom stereocenters. The van der Waals surface area contributed by atoms with Crippen LogP contribution in [0.3, 0.4) is 0 Å². The summed E-state index contributed by atoms with van der Waals surface area (Å²) in [6, 6.07) is 0.179. The van der Waals surface area contributed by atoms with Gasteiger partial charge in [-0.1, -0.05) is 12.5 Å². The number of carbonyl (C=O) groups excluding carboxylic acids is 1. The van der Waals surface area contributed by atoms with E-state index in [0.717, 1.165) is 36.8 Å². The molecule has 3 aliphatic rings. The lowest BCUT2D eigenvalue weighted by Gasteiger charge is -2.30. The molecule has 26 heavy (non-hydrogen) atoms. The van der Waals surface area contributed by atoms with Crippen molar-refractivity contribution in [2.45, 2.75) is 52.0 Å². The van der Waals surface area contributed by atoms with Crippen LogP contribution in [0.2, 0.25) is 0 Å². The van der Waals surface area contributed by atoms with E-state index in [0.29, 0.717) is 12.3 Å². The molecule has 1 aliphatic heterocycles. The highest BCUT2D eigenvalue weighted by Gasteiger charge is 2.39. The van der Waals surface area contributed by atoms with E-state index >= 15 is 0 Å². The van der Waals surface area contributed by atoms with Gasteiger partial charge in [-0.15, -0.1) is 0 Å². The SMILES string of the molecule is C=N/C=C\C1=C(C(=O)C2CCC2)CN(C(C)/C(C=NC)=C/C)C1=C1CC1. The Labute approximate surface area is 156 Å². The van der Waals surface area contributed by atoms with E-state index in [1.807, 2.05) is 19.2 Å². The molecule has 0 aromatic heterocycles. The maximum absolute atomic E-state index is 13.1. The minimum absolute atomic E-state index is 0.179. The minimum Gasteiger partial charge on any atom is -0.360 e. The van der Waals surface area contributed by atoms with Crippen LogP contribution in [0.25, 0.3) is 0 Å². The number of allylic oxidation sites excluding steroid dienone is 3. The average Bonchev–Trinajstić information content (AvgIpc) is 3.35. The first-order valence-corrected chi connectivity index (χ1v) is 9.59. The van der Waals surface area contributed by atoms with Crippen molar-refractivity contribution in [3.05, 3.63) is 46.3 Å². The number of rotatable bonds is 7. The van der Waals surface area contributed by atoms with E-state index in [-0.39, 0.29) is 12.0 Å². The Morgan fingerprint density at radius 2 is 2.08 bits per heavy atom. The van der Waals surface area contributed by atoms with Crippen LogP contribution in [0.4, 0.5) is 0 Å². The Kier molecular flexibility index (Phi) is 5.70. The fourth-order valence-electron chi connectivity index (χ4n) is 3.84. The second-order valence-electron chi connectivity index (χ2n) is 7.31. The van der Waals surface area contributed by atoms with Crippen LogP contribution in [-0.4, -0.2) is 43.2 Å². The molecule has 2 saturated carbocycles. The quantitative estimate of drug-likeness (QED) is 0.643. The lowest BCUT2D eigenvalue weighted by molar-refractivity contribution is -0.121. The summed E-state index contributed by atoms with van der Waals surface area (Å²) in [7, 11) is 1.80. The van der Waals surface area contributed by atoms with Crippen molar-refractivity contribution in [3.8, 4) is 0 Å². The van der Waals surface area contributed by atoms with Gasteiger partial charge in [0, 0.05) is 48.8 Å². The van der Waals surface area contributed by atoms with Crippen LogP contribution in [0.1, 0.15) is 46.0 Å². The topological polar surface area (TPSA) is 45.0 Å². The van der Waals surface area contributed by atoms with Crippen LogP contribution in [0, 0.1) is 5.92 Å². The predicted octanol–water partition coefficient (Wildman–Crippen LogP) is 4.27. The third-order valence-corrected chi connectivity index (χ3v) is 5.71. The van der Waals surface area contributed by atoms with Crippen molar-refractivity contribution in [2.24, 2.45) is 15.9 Å². The first-order valence-electron chi connectivity index (χ1n) is 9.59. The van der Waals surface area contributed by atoms with Gasteiger partial charge in [0.1, 0.15) is 0 Å². The van der Waals surface area contributed by atoms with E-state index < -0.39 is 0 Å². The summed E-state index contributed by atoms with van der Waals surface area (Å²) in [4.78, 5) is 23.6. The molecule has 0 aromatic rings. The van der Waals surface area contributed by atoms with Gasteiger partial charge in [-0.25, -0.2) is 0 Å². The zero-order valence-electron chi connectivity index (χ0n) is 16.2. The fourth-order valence-corrected chi connectivity index (χ4v) is 3.84. The van der Waals surface area contributed by atoms with Gasteiger partial charge in [0.2, 0.25) is 0 Å². The number of Topliss-reactive ketones (excluding diaryl/α,β-unsaturated/α-hetero) is 1. The summed E-state index contributed by atoms with van der Waals surface area (Å²) in [5, 5.41) is 0. The second kappa shape index (κ2) is 7.98. The van der Waals surface area contributed by atoms with Crippen molar-refractivity contribution < 1.29 is 4.79 Å². The molecule has 0 bridgehead atoms. The number of hydrogen-bond acceptors (Lipinski definition) is 4. The van der Waals surface area contributed by atoms with Crippen LogP contribution >= 0.6 is 0 Å². The van der Waals surface area contributed by atoms with Crippen molar-refractivity contribution >= 4 is 18.7 Å². The summed E-state index contributed by atoms with van der Waals surface area (Å²) in [5.74, 6) is 0.545. The standard InChI is InChI=1S/C22H29N3O/c1-5-16(13-24-4)15(2)25-14-20(22(26)18-7-6-8-18)19(11-12-23-3)21(25)17-9-10-17/h5,11-13,15,18H,3,6-10,14H2,1-2,4H3/b12-11-,16-5+,24-13?. The third kappa shape index (κ3) is 3.50. The Balaban J connectivity index is 2.00. The molecule has 1 unspecified atom stereocenters. The molecule has 1 heterocycles. The summed E-state index contributed by atoms with van der Waals surface area (Å²) >= 11 is 0. The van der Waals surface area contributed by atoms with Gasteiger partial charge >= 0.3 is 0 Å². The van der Waals surface area contributed by atoms with Gasteiger partial charge in [-0.2, -0.15) is 0 Å². The maximum atomic E-state index is 13.1.